The molecule has 0 spiro atoms. The number of hydrogen-bond donors (Lipinski definition) is 0. The summed E-state index contributed by atoms with van der Waals surface area (Å²) in [6.45, 7) is 0.527. The largest absolute Gasteiger partial charge is 0.472 e. The Morgan fingerprint density at radius 2 is 1.59 bits per heavy atom. The number of hydrogen-bond acceptors (Lipinski definition) is 4. The fraction of sp³-hybridized carbons (Fsp3) is 0.0833. The zero-order valence-corrected chi connectivity index (χ0v) is 15.8. The third-order valence-corrected chi connectivity index (χ3v) is 4.36. The molecule has 4 rings (SSSR count). The monoisotopic (exact) mass is 384 g/mol. The first-order valence-corrected chi connectivity index (χ1v) is 9.34. The van der Waals surface area contributed by atoms with Crippen LogP contribution < -0.4 is 4.74 Å². The Labute approximate surface area is 168 Å². The lowest BCUT2D eigenvalue weighted by Gasteiger charge is -2.05. The lowest BCUT2D eigenvalue weighted by molar-refractivity contribution is 0.138. The second-order valence-electron chi connectivity index (χ2n) is 6.40. The summed E-state index contributed by atoms with van der Waals surface area (Å²) in [5.74, 6) is 0.398. The zero-order valence-electron chi connectivity index (χ0n) is 15.8. The molecule has 0 amide bonds. The number of carbonyl (C=O) groups excluding carboxylic acids is 1. The first-order chi connectivity index (χ1) is 14.3. The molecule has 0 aliphatic heterocycles. The van der Waals surface area contributed by atoms with Crippen LogP contribution in [0.25, 0.3) is 17.0 Å². The van der Waals surface area contributed by atoms with E-state index in [2.05, 4.69) is 5.10 Å². The highest BCUT2D eigenvalue weighted by Crippen LogP contribution is 2.25. The van der Waals surface area contributed by atoms with E-state index in [1.807, 2.05) is 97.1 Å². The smallest absolute Gasteiger partial charge is 0.435 e. The first-order valence-electron chi connectivity index (χ1n) is 9.34. The summed E-state index contributed by atoms with van der Waals surface area (Å²) in [5, 5.41) is 5.09. The predicted molar refractivity (Wildman–Crippen MR) is 113 cm³/mol. The first kappa shape index (κ1) is 18.5. The van der Waals surface area contributed by atoms with E-state index >= 15 is 0 Å². The van der Waals surface area contributed by atoms with Gasteiger partial charge in [-0.1, -0.05) is 78.9 Å². The van der Waals surface area contributed by atoms with Crippen LogP contribution in [0.1, 0.15) is 11.1 Å². The lowest BCUT2D eigenvalue weighted by Crippen LogP contribution is -2.15. The van der Waals surface area contributed by atoms with Crippen molar-refractivity contribution in [1.82, 2.24) is 9.78 Å². The van der Waals surface area contributed by atoms with Gasteiger partial charge in [0.05, 0.1) is 10.9 Å². The maximum atomic E-state index is 12.6. The highest BCUT2D eigenvalue weighted by molar-refractivity contribution is 5.91. The molecule has 3 aromatic carbocycles. The van der Waals surface area contributed by atoms with Gasteiger partial charge in [0.15, 0.2) is 0 Å². The van der Waals surface area contributed by atoms with Gasteiger partial charge in [0.25, 0.3) is 0 Å². The fourth-order valence-corrected chi connectivity index (χ4v) is 2.94. The number of nitrogens with zero attached hydrogens (tertiary/aromatic N) is 2. The molecule has 4 aromatic rings. The second kappa shape index (κ2) is 8.89. The third-order valence-electron chi connectivity index (χ3n) is 4.36. The van der Waals surface area contributed by atoms with Crippen molar-refractivity contribution in [3.8, 4) is 5.88 Å². The number of ether oxygens (including phenoxy) is 2. The van der Waals surface area contributed by atoms with Crippen LogP contribution in [0.5, 0.6) is 5.88 Å². The molecule has 0 atom stereocenters. The van der Waals surface area contributed by atoms with Crippen molar-refractivity contribution in [3.63, 3.8) is 0 Å². The average Bonchev–Trinajstić information content (AvgIpc) is 3.15. The highest BCUT2D eigenvalue weighted by atomic mass is 16.6. The molecular formula is C24H20N2O3. The van der Waals surface area contributed by atoms with Crippen LogP contribution in [-0.2, 0) is 11.3 Å². The van der Waals surface area contributed by atoms with Gasteiger partial charge in [0.1, 0.15) is 13.2 Å². The molecule has 5 heteroatoms. The number of para-hydroxylation sites is 1. The molecule has 0 saturated heterocycles. The van der Waals surface area contributed by atoms with Gasteiger partial charge < -0.3 is 9.47 Å². The SMILES string of the molecule is O=C(OCc1ccccc1)n1nc(OCC=Cc2ccccc2)c2ccccc21. The summed E-state index contributed by atoms with van der Waals surface area (Å²) in [4.78, 5) is 12.6. The summed E-state index contributed by atoms with van der Waals surface area (Å²) in [5.41, 5.74) is 2.66. The molecule has 1 heterocycles. The Hall–Kier alpha value is -3.86. The maximum Gasteiger partial charge on any atom is 0.435 e. The van der Waals surface area contributed by atoms with Gasteiger partial charge in [-0.05, 0) is 29.3 Å². The third kappa shape index (κ3) is 4.52. The molecule has 0 radical (unpaired) electrons. The molecular weight excluding hydrogens is 364 g/mol. The Morgan fingerprint density at radius 3 is 2.38 bits per heavy atom. The van der Waals surface area contributed by atoms with E-state index < -0.39 is 6.09 Å². The van der Waals surface area contributed by atoms with E-state index in [0.29, 0.717) is 18.0 Å². The summed E-state index contributed by atoms with van der Waals surface area (Å²) in [6.07, 6.45) is 3.35. The van der Waals surface area contributed by atoms with Crippen LogP contribution >= 0.6 is 0 Å². The Morgan fingerprint density at radius 1 is 0.897 bits per heavy atom. The van der Waals surface area contributed by atoms with Gasteiger partial charge in [0, 0.05) is 0 Å². The highest BCUT2D eigenvalue weighted by Gasteiger charge is 2.17. The van der Waals surface area contributed by atoms with Gasteiger partial charge in [0.2, 0.25) is 5.88 Å². The van der Waals surface area contributed by atoms with Crippen molar-refractivity contribution in [2.45, 2.75) is 6.61 Å². The van der Waals surface area contributed by atoms with E-state index in [1.165, 1.54) is 4.68 Å². The quantitative estimate of drug-likeness (QED) is 0.452. The lowest BCUT2D eigenvalue weighted by atomic mass is 10.2. The van der Waals surface area contributed by atoms with Crippen molar-refractivity contribution in [1.29, 1.82) is 0 Å². The van der Waals surface area contributed by atoms with E-state index in [0.717, 1.165) is 16.5 Å². The fourth-order valence-electron chi connectivity index (χ4n) is 2.94. The normalized spacial score (nSPS) is 11.0. The minimum atomic E-state index is -0.542. The zero-order chi connectivity index (χ0) is 19.9. The van der Waals surface area contributed by atoms with Crippen LogP contribution in [-0.4, -0.2) is 22.5 Å². The van der Waals surface area contributed by atoms with E-state index in [9.17, 15) is 4.79 Å². The van der Waals surface area contributed by atoms with E-state index in [1.54, 1.807) is 0 Å². The molecule has 0 N–H and O–H groups in total. The molecule has 1 aromatic heterocycles. The van der Waals surface area contributed by atoms with Gasteiger partial charge in [-0.3, -0.25) is 0 Å². The molecule has 5 nitrogen and oxygen atoms in total. The molecule has 0 fully saturated rings. The molecule has 144 valence electrons. The van der Waals surface area contributed by atoms with Crippen LogP contribution in [0.4, 0.5) is 4.79 Å². The molecule has 0 saturated carbocycles. The van der Waals surface area contributed by atoms with Gasteiger partial charge in [-0.2, -0.15) is 4.68 Å². The minimum absolute atomic E-state index is 0.184. The number of fused-ring (bicyclic) bond motifs is 1. The predicted octanol–water partition coefficient (Wildman–Crippen LogP) is 5.31. The van der Waals surface area contributed by atoms with Crippen molar-refractivity contribution < 1.29 is 14.3 Å². The minimum Gasteiger partial charge on any atom is -0.472 e. The van der Waals surface area contributed by atoms with Crippen molar-refractivity contribution in [2.75, 3.05) is 6.61 Å². The Kier molecular flexibility index (Phi) is 5.67. The average molecular weight is 384 g/mol. The summed E-state index contributed by atoms with van der Waals surface area (Å²) < 4.78 is 12.5. The van der Waals surface area contributed by atoms with Crippen LogP contribution in [0, 0.1) is 0 Å². The van der Waals surface area contributed by atoms with Crippen LogP contribution in [0.15, 0.2) is 91.0 Å². The standard InChI is InChI=1S/C24H20N2O3/c27-24(29-18-20-12-5-2-6-13-20)26-22-16-8-7-15-21(22)23(25-26)28-17-9-14-19-10-3-1-4-11-19/h1-16H,17-18H2. The number of carbonyl (C=O) groups is 1. The molecule has 0 aliphatic rings. The molecule has 29 heavy (non-hydrogen) atoms. The number of aromatic nitrogens is 2. The molecule has 0 aliphatic carbocycles. The summed E-state index contributed by atoms with van der Waals surface area (Å²) in [6, 6.07) is 26.9. The van der Waals surface area contributed by atoms with Crippen LogP contribution in [0.3, 0.4) is 0 Å². The van der Waals surface area contributed by atoms with Gasteiger partial charge in [-0.25, -0.2) is 4.79 Å². The van der Waals surface area contributed by atoms with Crippen molar-refractivity contribution >= 4 is 23.1 Å². The topological polar surface area (TPSA) is 53.4 Å². The van der Waals surface area contributed by atoms with Crippen molar-refractivity contribution in [2.24, 2.45) is 0 Å². The molecule has 0 bridgehead atoms. The number of benzene rings is 3. The second-order valence-corrected chi connectivity index (χ2v) is 6.40. The van der Waals surface area contributed by atoms with E-state index in [-0.39, 0.29) is 6.61 Å². The van der Waals surface area contributed by atoms with E-state index in [4.69, 9.17) is 9.47 Å². The van der Waals surface area contributed by atoms with Gasteiger partial charge >= 0.3 is 6.09 Å². The van der Waals surface area contributed by atoms with Crippen LogP contribution in [0.2, 0.25) is 0 Å². The Balaban J connectivity index is 1.47. The van der Waals surface area contributed by atoms with Gasteiger partial charge in [-0.15, -0.1) is 5.10 Å². The summed E-state index contributed by atoms with van der Waals surface area (Å²) in [7, 11) is 0. The molecule has 0 unspecified atom stereocenters. The maximum absolute atomic E-state index is 12.6. The number of rotatable bonds is 6. The summed E-state index contributed by atoms with van der Waals surface area (Å²) >= 11 is 0. The van der Waals surface area contributed by atoms with Crippen molar-refractivity contribution in [3.05, 3.63) is 102 Å². The Bertz CT molecular complexity index is 1120.